The van der Waals surface area contributed by atoms with Crippen molar-refractivity contribution in [3.63, 3.8) is 0 Å². The standard InChI is InChI=1S/C19H27ClFN3O/c1-19(7-9-22-17(25)11-19)24-8-6-13-2-4-14(5-3-13)18-16(20)10-15(21)12-23-18/h10,12-14,24H,2-9,11H2,1H3,(H,22,25)/t13-,14+,19?. The number of carbonyl (C=O) groups is 1. The molecule has 25 heavy (non-hydrogen) atoms. The molecule has 1 atom stereocenters. The van der Waals surface area contributed by atoms with Gasteiger partial charge in [0.25, 0.3) is 0 Å². The third-order valence-corrected chi connectivity index (χ3v) is 6.03. The third-order valence-electron chi connectivity index (χ3n) is 5.72. The van der Waals surface area contributed by atoms with E-state index in [4.69, 9.17) is 11.6 Å². The van der Waals surface area contributed by atoms with E-state index in [1.165, 1.54) is 12.3 Å². The first-order valence-electron chi connectivity index (χ1n) is 9.28. The number of nitrogens with zero attached hydrogens (tertiary/aromatic N) is 1. The van der Waals surface area contributed by atoms with E-state index in [2.05, 4.69) is 22.5 Å². The van der Waals surface area contributed by atoms with Crippen molar-refractivity contribution < 1.29 is 9.18 Å². The minimum atomic E-state index is -0.376. The highest BCUT2D eigenvalue weighted by atomic mass is 35.5. The molecular formula is C19H27ClFN3O. The van der Waals surface area contributed by atoms with Crippen molar-refractivity contribution in [2.75, 3.05) is 13.1 Å². The maximum absolute atomic E-state index is 13.1. The number of nitrogens with one attached hydrogen (secondary N) is 2. The molecule has 1 aliphatic carbocycles. The van der Waals surface area contributed by atoms with Gasteiger partial charge in [-0.1, -0.05) is 11.6 Å². The van der Waals surface area contributed by atoms with Crippen LogP contribution in [0.3, 0.4) is 0 Å². The Morgan fingerprint density at radius 1 is 1.40 bits per heavy atom. The van der Waals surface area contributed by atoms with Gasteiger partial charge in [0.1, 0.15) is 5.82 Å². The van der Waals surface area contributed by atoms with E-state index >= 15 is 0 Å². The van der Waals surface area contributed by atoms with Crippen LogP contribution >= 0.6 is 11.6 Å². The molecule has 3 rings (SSSR count). The molecule has 1 amide bonds. The molecular weight excluding hydrogens is 341 g/mol. The molecule has 2 N–H and O–H groups in total. The Morgan fingerprint density at radius 2 is 2.16 bits per heavy atom. The number of carbonyl (C=O) groups excluding carboxylic acids is 1. The number of hydrogen-bond acceptors (Lipinski definition) is 3. The lowest BCUT2D eigenvalue weighted by Crippen LogP contribution is -2.52. The van der Waals surface area contributed by atoms with Gasteiger partial charge in [0.15, 0.2) is 0 Å². The van der Waals surface area contributed by atoms with Crippen molar-refractivity contribution in [1.29, 1.82) is 0 Å². The van der Waals surface area contributed by atoms with Crippen LogP contribution in [0.2, 0.25) is 5.02 Å². The predicted octanol–water partition coefficient (Wildman–Crippen LogP) is 3.80. The second-order valence-electron chi connectivity index (χ2n) is 7.79. The highest BCUT2D eigenvalue weighted by Gasteiger charge is 2.31. The molecule has 2 fully saturated rings. The first-order valence-corrected chi connectivity index (χ1v) is 9.66. The van der Waals surface area contributed by atoms with E-state index < -0.39 is 0 Å². The highest BCUT2D eigenvalue weighted by Crippen LogP contribution is 2.38. The average molecular weight is 368 g/mol. The summed E-state index contributed by atoms with van der Waals surface area (Å²) in [5.41, 5.74) is 0.783. The molecule has 0 spiro atoms. The molecule has 1 unspecified atom stereocenters. The largest absolute Gasteiger partial charge is 0.356 e. The smallest absolute Gasteiger partial charge is 0.221 e. The van der Waals surface area contributed by atoms with Crippen LogP contribution in [0.1, 0.15) is 63.5 Å². The van der Waals surface area contributed by atoms with E-state index in [9.17, 15) is 9.18 Å². The zero-order valence-electron chi connectivity index (χ0n) is 14.8. The molecule has 1 saturated heterocycles. The van der Waals surface area contributed by atoms with Crippen molar-refractivity contribution in [3.8, 4) is 0 Å². The lowest BCUT2D eigenvalue weighted by atomic mass is 9.79. The minimum Gasteiger partial charge on any atom is -0.356 e. The molecule has 2 aliphatic rings. The number of rotatable bonds is 5. The monoisotopic (exact) mass is 367 g/mol. The fourth-order valence-electron chi connectivity index (χ4n) is 4.16. The number of amides is 1. The summed E-state index contributed by atoms with van der Waals surface area (Å²) < 4.78 is 13.1. The Morgan fingerprint density at radius 3 is 2.84 bits per heavy atom. The first-order chi connectivity index (χ1) is 12.0. The van der Waals surface area contributed by atoms with Crippen molar-refractivity contribution in [2.45, 2.75) is 63.3 Å². The van der Waals surface area contributed by atoms with Gasteiger partial charge in [0, 0.05) is 24.4 Å². The number of hydrogen-bond donors (Lipinski definition) is 2. The third kappa shape index (κ3) is 4.91. The number of halogens is 2. The summed E-state index contributed by atoms with van der Waals surface area (Å²) in [7, 11) is 0. The maximum Gasteiger partial charge on any atom is 0.221 e. The van der Waals surface area contributed by atoms with Gasteiger partial charge in [-0.05, 0) is 64.0 Å². The molecule has 0 aromatic carbocycles. The van der Waals surface area contributed by atoms with Crippen molar-refractivity contribution >= 4 is 17.5 Å². The Hall–Kier alpha value is -1.20. The van der Waals surface area contributed by atoms with E-state index in [-0.39, 0.29) is 17.3 Å². The second-order valence-corrected chi connectivity index (χ2v) is 8.20. The maximum atomic E-state index is 13.1. The summed E-state index contributed by atoms with van der Waals surface area (Å²) in [6, 6.07) is 1.36. The van der Waals surface area contributed by atoms with Crippen molar-refractivity contribution in [1.82, 2.24) is 15.6 Å². The van der Waals surface area contributed by atoms with Crippen molar-refractivity contribution in [3.05, 3.63) is 28.8 Å². The van der Waals surface area contributed by atoms with Gasteiger partial charge in [-0.15, -0.1) is 0 Å². The summed E-state index contributed by atoms with van der Waals surface area (Å²) in [5, 5.41) is 6.94. The van der Waals surface area contributed by atoms with Crippen LogP contribution < -0.4 is 10.6 Å². The molecule has 6 heteroatoms. The van der Waals surface area contributed by atoms with Crippen LogP contribution in [-0.4, -0.2) is 29.5 Å². The van der Waals surface area contributed by atoms with Crippen LogP contribution in [0.15, 0.2) is 12.3 Å². The van der Waals surface area contributed by atoms with E-state index in [0.717, 1.165) is 57.3 Å². The second kappa shape index (κ2) is 8.00. The summed E-state index contributed by atoms with van der Waals surface area (Å²) in [6.07, 6.45) is 8.37. The Kier molecular flexibility index (Phi) is 5.95. The van der Waals surface area contributed by atoms with Crippen LogP contribution in [0, 0.1) is 11.7 Å². The molecule has 1 aromatic rings. The normalized spacial score (nSPS) is 30.1. The molecule has 4 nitrogen and oxygen atoms in total. The van der Waals surface area contributed by atoms with Gasteiger partial charge in [-0.3, -0.25) is 9.78 Å². The topological polar surface area (TPSA) is 54.0 Å². The fourth-order valence-corrected chi connectivity index (χ4v) is 4.47. The Bertz CT molecular complexity index is 619. The molecule has 2 heterocycles. The average Bonchev–Trinajstić information content (AvgIpc) is 2.55. The highest BCUT2D eigenvalue weighted by molar-refractivity contribution is 6.31. The van der Waals surface area contributed by atoms with Crippen molar-refractivity contribution in [2.24, 2.45) is 5.92 Å². The van der Waals surface area contributed by atoms with Gasteiger partial charge in [-0.2, -0.15) is 0 Å². The Labute approximate surface area is 153 Å². The Balaban J connectivity index is 1.43. The van der Waals surface area contributed by atoms with Gasteiger partial charge in [0.2, 0.25) is 5.91 Å². The van der Waals surface area contributed by atoms with Crippen LogP contribution in [0.5, 0.6) is 0 Å². The fraction of sp³-hybridized carbons (Fsp3) is 0.684. The minimum absolute atomic E-state index is 0.0644. The number of aromatic nitrogens is 1. The lowest BCUT2D eigenvalue weighted by Gasteiger charge is -2.35. The van der Waals surface area contributed by atoms with Crippen LogP contribution in [-0.2, 0) is 4.79 Å². The lowest BCUT2D eigenvalue weighted by molar-refractivity contribution is -0.124. The molecule has 0 bridgehead atoms. The van der Waals surface area contributed by atoms with Gasteiger partial charge < -0.3 is 10.6 Å². The van der Waals surface area contributed by atoms with Gasteiger partial charge in [-0.25, -0.2) is 4.39 Å². The van der Waals surface area contributed by atoms with E-state index in [1.54, 1.807) is 0 Å². The molecule has 1 aromatic heterocycles. The molecule has 1 saturated carbocycles. The van der Waals surface area contributed by atoms with Gasteiger partial charge in [0.05, 0.1) is 16.9 Å². The van der Waals surface area contributed by atoms with E-state index in [1.807, 2.05) is 0 Å². The SMILES string of the molecule is CC1(NCC[C@H]2CC[C@@H](c3ncc(F)cc3Cl)CC2)CCNC(=O)C1. The van der Waals surface area contributed by atoms with Gasteiger partial charge >= 0.3 is 0 Å². The van der Waals surface area contributed by atoms with Crippen LogP contribution in [0.25, 0.3) is 0 Å². The number of piperidine rings is 1. The summed E-state index contributed by atoms with van der Waals surface area (Å²) in [5.74, 6) is 0.810. The molecule has 1 aliphatic heterocycles. The first kappa shape index (κ1) is 18.6. The van der Waals surface area contributed by atoms with Crippen LogP contribution in [0.4, 0.5) is 4.39 Å². The summed E-state index contributed by atoms with van der Waals surface area (Å²) in [6.45, 7) is 3.86. The quantitative estimate of drug-likeness (QED) is 0.832. The summed E-state index contributed by atoms with van der Waals surface area (Å²) in [4.78, 5) is 15.8. The molecule has 0 radical (unpaired) electrons. The number of pyridine rings is 1. The van der Waals surface area contributed by atoms with E-state index in [0.29, 0.717) is 23.3 Å². The zero-order chi connectivity index (χ0) is 17.9. The molecule has 138 valence electrons. The predicted molar refractivity (Wildman–Crippen MR) is 97.2 cm³/mol. The summed E-state index contributed by atoms with van der Waals surface area (Å²) >= 11 is 6.15. The zero-order valence-corrected chi connectivity index (χ0v) is 15.5.